The number of fused-ring (bicyclic) bond motifs is 1. The van der Waals surface area contributed by atoms with E-state index in [1.807, 2.05) is 0 Å². The van der Waals surface area contributed by atoms with E-state index in [9.17, 15) is 4.79 Å². The lowest BCUT2D eigenvalue weighted by molar-refractivity contribution is -0.128. The van der Waals surface area contributed by atoms with Crippen LogP contribution in [0.3, 0.4) is 0 Å². The summed E-state index contributed by atoms with van der Waals surface area (Å²) in [6.45, 7) is 4.40. The maximum Gasteiger partial charge on any atom is 0.142 e. The number of hydrogen-bond acceptors (Lipinski definition) is 1. The van der Waals surface area contributed by atoms with Gasteiger partial charge < -0.3 is 0 Å². The van der Waals surface area contributed by atoms with Gasteiger partial charge in [-0.2, -0.15) is 0 Å². The molecular formula is C12H18O. The molecule has 0 aromatic heterocycles. The van der Waals surface area contributed by atoms with Gasteiger partial charge in [-0.15, -0.1) is 0 Å². The van der Waals surface area contributed by atoms with Crippen molar-refractivity contribution in [1.29, 1.82) is 0 Å². The summed E-state index contributed by atoms with van der Waals surface area (Å²) in [6.07, 6.45) is 7.66. The van der Waals surface area contributed by atoms with Gasteiger partial charge in [0.1, 0.15) is 5.78 Å². The minimum absolute atomic E-state index is 0.0647. The van der Waals surface area contributed by atoms with Crippen LogP contribution in [0.15, 0.2) is 11.6 Å². The van der Waals surface area contributed by atoms with Crippen molar-refractivity contribution in [3.05, 3.63) is 11.6 Å². The molecule has 2 atom stereocenters. The zero-order valence-corrected chi connectivity index (χ0v) is 8.60. The van der Waals surface area contributed by atoms with Gasteiger partial charge in [-0.05, 0) is 38.5 Å². The highest BCUT2D eigenvalue weighted by Crippen LogP contribution is 2.45. The van der Waals surface area contributed by atoms with E-state index in [-0.39, 0.29) is 5.41 Å². The van der Waals surface area contributed by atoms with Crippen LogP contribution >= 0.6 is 0 Å². The van der Waals surface area contributed by atoms with Gasteiger partial charge in [-0.1, -0.05) is 18.6 Å². The van der Waals surface area contributed by atoms with Crippen LogP contribution in [-0.2, 0) is 4.79 Å². The Morgan fingerprint density at radius 3 is 3.00 bits per heavy atom. The molecule has 0 spiro atoms. The molecule has 0 bridgehead atoms. The van der Waals surface area contributed by atoms with Crippen molar-refractivity contribution in [3.63, 3.8) is 0 Å². The molecule has 1 saturated carbocycles. The Bertz CT molecular complexity index is 264. The van der Waals surface area contributed by atoms with Gasteiger partial charge in [0, 0.05) is 11.8 Å². The molecule has 72 valence electrons. The molecular weight excluding hydrogens is 160 g/mol. The predicted octanol–water partition coefficient (Wildman–Crippen LogP) is 3.10. The lowest BCUT2D eigenvalue weighted by Gasteiger charge is -2.39. The zero-order chi connectivity index (χ0) is 9.47. The van der Waals surface area contributed by atoms with E-state index in [1.54, 1.807) is 0 Å². The van der Waals surface area contributed by atoms with Crippen molar-refractivity contribution >= 4 is 5.78 Å². The smallest absolute Gasteiger partial charge is 0.142 e. The minimum Gasteiger partial charge on any atom is -0.299 e. The monoisotopic (exact) mass is 178 g/mol. The molecule has 0 radical (unpaired) electrons. The number of ketones is 1. The van der Waals surface area contributed by atoms with Crippen LogP contribution in [0.5, 0.6) is 0 Å². The Morgan fingerprint density at radius 1 is 1.46 bits per heavy atom. The van der Waals surface area contributed by atoms with Gasteiger partial charge >= 0.3 is 0 Å². The molecule has 0 aromatic carbocycles. The van der Waals surface area contributed by atoms with Crippen LogP contribution in [-0.4, -0.2) is 5.78 Å². The fourth-order valence-electron chi connectivity index (χ4n) is 2.68. The first-order valence-electron chi connectivity index (χ1n) is 5.37. The summed E-state index contributed by atoms with van der Waals surface area (Å²) in [6, 6.07) is 0. The van der Waals surface area contributed by atoms with E-state index in [0.29, 0.717) is 11.7 Å². The number of Topliss-reactive ketones (excluding diaryl/α,β-unsaturated/α-hetero) is 1. The Hall–Kier alpha value is -0.590. The van der Waals surface area contributed by atoms with Crippen LogP contribution in [0.4, 0.5) is 0 Å². The van der Waals surface area contributed by atoms with Crippen LogP contribution in [0.1, 0.15) is 46.0 Å². The molecule has 1 heteroatoms. The lowest BCUT2D eigenvalue weighted by atomic mass is 9.64. The summed E-state index contributed by atoms with van der Waals surface area (Å²) in [7, 11) is 0. The van der Waals surface area contributed by atoms with Crippen molar-refractivity contribution in [2.24, 2.45) is 11.3 Å². The summed E-state index contributed by atoms with van der Waals surface area (Å²) in [5.41, 5.74) is 1.37. The maximum atomic E-state index is 11.8. The van der Waals surface area contributed by atoms with Crippen molar-refractivity contribution in [3.8, 4) is 0 Å². The van der Waals surface area contributed by atoms with Gasteiger partial charge in [0.15, 0.2) is 0 Å². The minimum atomic E-state index is -0.0647. The SMILES string of the molecule is CC1C=C2CCCC(=O)C2(C)CC1. The van der Waals surface area contributed by atoms with E-state index in [2.05, 4.69) is 19.9 Å². The fraction of sp³-hybridized carbons (Fsp3) is 0.750. The second-order valence-corrected chi connectivity index (χ2v) is 4.82. The molecule has 2 unspecified atom stereocenters. The number of carbonyl (C=O) groups is 1. The highest BCUT2D eigenvalue weighted by molar-refractivity contribution is 5.88. The zero-order valence-electron chi connectivity index (χ0n) is 8.60. The fourth-order valence-corrected chi connectivity index (χ4v) is 2.68. The average molecular weight is 178 g/mol. The summed E-state index contributed by atoms with van der Waals surface area (Å²) in [5, 5.41) is 0. The molecule has 2 rings (SSSR count). The number of allylic oxidation sites excluding steroid dienone is 2. The van der Waals surface area contributed by atoms with Crippen LogP contribution in [0.2, 0.25) is 0 Å². The van der Waals surface area contributed by atoms with Gasteiger partial charge in [0.05, 0.1) is 0 Å². The highest BCUT2D eigenvalue weighted by atomic mass is 16.1. The molecule has 0 amide bonds. The lowest BCUT2D eigenvalue weighted by Crippen LogP contribution is -2.36. The molecule has 0 aromatic rings. The summed E-state index contributed by atoms with van der Waals surface area (Å²) >= 11 is 0. The Kier molecular flexibility index (Phi) is 2.05. The molecule has 2 aliphatic carbocycles. The first-order chi connectivity index (χ1) is 6.13. The first-order valence-corrected chi connectivity index (χ1v) is 5.37. The molecule has 0 aliphatic heterocycles. The highest BCUT2D eigenvalue weighted by Gasteiger charge is 2.40. The van der Waals surface area contributed by atoms with Crippen LogP contribution < -0.4 is 0 Å². The third kappa shape index (κ3) is 1.34. The van der Waals surface area contributed by atoms with Gasteiger partial charge in [0.25, 0.3) is 0 Å². The number of carbonyl (C=O) groups excluding carboxylic acids is 1. The third-order valence-corrected chi connectivity index (χ3v) is 3.76. The quantitative estimate of drug-likeness (QED) is 0.521. The van der Waals surface area contributed by atoms with Crippen molar-refractivity contribution in [1.82, 2.24) is 0 Å². The van der Waals surface area contributed by atoms with E-state index in [4.69, 9.17) is 0 Å². The van der Waals surface area contributed by atoms with Crippen LogP contribution in [0, 0.1) is 11.3 Å². The summed E-state index contributed by atoms with van der Waals surface area (Å²) in [4.78, 5) is 11.8. The topological polar surface area (TPSA) is 17.1 Å². The Balaban J connectivity index is 2.34. The van der Waals surface area contributed by atoms with Crippen molar-refractivity contribution in [2.45, 2.75) is 46.0 Å². The number of hydrogen-bond donors (Lipinski definition) is 0. The number of rotatable bonds is 0. The molecule has 1 fully saturated rings. The normalized spacial score (nSPS) is 39.7. The largest absolute Gasteiger partial charge is 0.299 e. The van der Waals surface area contributed by atoms with E-state index in [1.165, 1.54) is 12.0 Å². The van der Waals surface area contributed by atoms with E-state index in [0.717, 1.165) is 25.7 Å². The Labute approximate surface area is 80.2 Å². The van der Waals surface area contributed by atoms with E-state index >= 15 is 0 Å². The molecule has 0 N–H and O–H groups in total. The van der Waals surface area contributed by atoms with Crippen molar-refractivity contribution < 1.29 is 4.79 Å². The standard InChI is InChI=1S/C12H18O/c1-9-6-7-12(2)10(8-9)4-3-5-11(12)13/h8-9H,3-7H2,1-2H3. The second-order valence-electron chi connectivity index (χ2n) is 4.82. The van der Waals surface area contributed by atoms with E-state index < -0.39 is 0 Å². The molecule has 13 heavy (non-hydrogen) atoms. The van der Waals surface area contributed by atoms with Gasteiger partial charge in [0.2, 0.25) is 0 Å². The molecule has 0 heterocycles. The summed E-state index contributed by atoms with van der Waals surface area (Å²) < 4.78 is 0. The molecule has 0 saturated heterocycles. The third-order valence-electron chi connectivity index (χ3n) is 3.76. The molecule has 1 nitrogen and oxygen atoms in total. The maximum absolute atomic E-state index is 11.8. The second kappa shape index (κ2) is 2.97. The first kappa shape index (κ1) is 8.98. The van der Waals surface area contributed by atoms with Gasteiger partial charge in [-0.25, -0.2) is 0 Å². The predicted molar refractivity (Wildman–Crippen MR) is 53.4 cm³/mol. The van der Waals surface area contributed by atoms with Crippen molar-refractivity contribution in [2.75, 3.05) is 0 Å². The average Bonchev–Trinajstić information content (AvgIpc) is 2.09. The summed E-state index contributed by atoms with van der Waals surface area (Å²) in [5.74, 6) is 1.17. The molecule has 2 aliphatic rings. The Morgan fingerprint density at radius 2 is 2.23 bits per heavy atom. The van der Waals surface area contributed by atoms with Gasteiger partial charge in [-0.3, -0.25) is 4.79 Å². The van der Waals surface area contributed by atoms with Crippen LogP contribution in [0.25, 0.3) is 0 Å².